The molecule has 4 bridgehead atoms. The number of carbonyl (C=O) groups is 2. The predicted molar refractivity (Wildman–Crippen MR) is 117 cm³/mol. The molecule has 1 aliphatic heterocycles. The normalized spacial score (nSPS) is 33.9. The van der Waals surface area contributed by atoms with Crippen molar-refractivity contribution in [3.8, 4) is 0 Å². The van der Waals surface area contributed by atoms with Gasteiger partial charge in [-0.25, -0.2) is 4.98 Å². The van der Waals surface area contributed by atoms with Crippen molar-refractivity contribution >= 4 is 17.6 Å². The highest BCUT2D eigenvalue weighted by molar-refractivity contribution is 5.88. The van der Waals surface area contributed by atoms with Crippen molar-refractivity contribution in [1.82, 2.24) is 15.6 Å². The quantitative estimate of drug-likeness (QED) is 0.729. The third-order valence-corrected chi connectivity index (χ3v) is 7.79. The minimum absolute atomic E-state index is 0.0533. The second-order valence-electron chi connectivity index (χ2n) is 10.3. The Labute approximate surface area is 184 Å². The molecule has 6 rings (SSSR count). The summed E-state index contributed by atoms with van der Waals surface area (Å²) in [6.07, 6.45) is 9.01. The van der Waals surface area contributed by atoms with Crippen LogP contribution in [0.5, 0.6) is 0 Å². The van der Waals surface area contributed by atoms with Gasteiger partial charge in [0, 0.05) is 31.2 Å². The molecule has 2 amide bonds. The molecule has 31 heavy (non-hydrogen) atoms. The number of hydrogen-bond donors (Lipinski definition) is 2. The monoisotopic (exact) mass is 426 g/mol. The van der Waals surface area contributed by atoms with Crippen LogP contribution in [0.15, 0.2) is 18.3 Å². The van der Waals surface area contributed by atoms with E-state index in [-0.39, 0.29) is 29.9 Å². The van der Waals surface area contributed by atoms with Crippen molar-refractivity contribution in [1.29, 1.82) is 0 Å². The smallest absolute Gasteiger partial charge is 0.239 e. The molecular formula is C24H34N4O3. The summed E-state index contributed by atoms with van der Waals surface area (Å²) in [6.45, 7) is 4.94. The van der Waals surface area contributed by atoms with Crippen LogP contribution in [0.25, 0.3) is 0 Å². The number of ether oxygens (including phenoxy) is 1. The van der Waals surface area contributed by atoms with Crippen LogP contribution in [0.1, 0.15) is 51.0 Å². The lowest BCUT2D eigenvalue weighted by Crippen LogP contribution is -2.54. The Hall–Kier alpha value is -2.15. The zero-order valence-electron chi connectivity index (χ0n) is 18.4. The first-order valence-electron chi connectivity index (χ1n) is 11.9. The van der Waals surface area contributed by atoms with Crippen molar-refractivity contribution < 1.29 is 14.3 Å². The molecule has 1 saturated heterocycles. The van der Waals surface area contributed by atoms with Crippen LogP contribution in [-0.4, -0.2) is 49.1 Å². The molecule has 1 unspecified atom stereocenters. The summed E-state index contributed by atoms with van der Waals surface area (Å²) in [5, 5.41) is 5.85. The zero-order chi connectivity index (χ0) is 21.4. The van der Waals surface area contributed by atoms with Crippen LogP contribution in [0.3, 0.4) is 0 Å². The molecule has 2 N–H and O–H groups in total. The van der Waals surface area contributed by atoms with E-state index in [1.165, 1.54) is 19.3 Å². The lowest BCUT2D eigenvalue weighted by Gasteiger charge is -2.55. The van der Waals surface area contributed by atoms with Gasteiger partial charge in [-0.15, -0.1) is 0 Å². The summed E-state index contributed by atoms with van der Waals surface area (Å²) < 4.78 is 5.58. The number of hydrogen-bond acceptors (Lipinski definition) is 5. The summed E-state index contributed by atoms with van der Waals surface area (Å²) in [7, 11) is 0. The van der Waals surface area contributed by atoms with Gasteiger partial charge in [-0.2, -0.15) is 0 Å². The fraction of sp³-hybridized carbons (Fsp3) is 0.708. The summed E-state index contributed by atoms with van der Waals surface area (Å²) in [5.74, 6) is 3.07. The van der Waals surface area contributed by atoms with Gasteiger partial charge in [0.05, 0.1) is 19.3 Å². The number of anilines is 1. The molecule has 4 aliphatic carbocycles. The van der Waals surface area contributed by atoms with E-state index >= 15 is 0 Å². The fourth-order valence-electron chi connectivity index (χ4n) is 6.73. The van der Waals surface area contributed by atoms with Crippen LogP contribution >= 0.6 is 0 Å². The maximum absolute atomic E-state index is 13.0. The van der Waals surface area contributed by atoms with Crippen molar-refractivity contribution in [2.75, 3.05) is 31.1 Å². The van der Waals surface area contributed by atoms with E-state index in [0.29, 0.717) is 6.54 Å². The van der Waals surface area contributed by atoms with Crippen molar-refractivity contribution in [2.45, 2.75) is 58.1 Å². The number of aromatic nitrogens is 1. The second-order valence-corrected chi connectivity index (χ2v) is 10.3. The molecular weight excluding hydrogens is 392 g/mol. The van der Waals surface area contributed by atoms with E-state index in [0.717, 1.165) is 68.1 Å². The van der Waals surface area contributed by atoms with Crippen LogP contribution in [0, 0.1) is 23.2 Å². The highest BCUT2D eigenvalue weighted by Crippen LogP contribution is 2.60. The van der Waals surface area contributed by atoms with Crippen molar-refractivity contribution in [3.05, 3.63) is 23.9 Å². The van der Waals surface area contributed by atoms with Gasteiger partial charge in [-0.1, -0.05) is 6.07 Å². The van der Waals surface area contributed by atoms with Gasteiger partial charge in [0.15, 0.2) is 0 Å². The molecule has 0 aromatic carbocycles. The molecule has 4 saturated carbocycles. The van der Waals surface area contributed by atoms with Gasteiger partial charge in [0.25, 0.3) is 0 Å². The van der Waals surface area contributed by atoms with Crippen molar-refractivity contribution in [3.63, 3.8) is 0 Å². The Morgan fingerprint density at radius 1 is 1.13 bits per heavy atom. The van der Waals surface area contributed by atoms with Gasteiger partial charge < -0.3 is 20.3 Å². The van der Waals surface area contributed by atoms with E-state index < -0.39 is 0 Å². The molecule has 168 valence electrons. The summed E-state index contributed by atoms with van der Waals surface area (Å²) in [4.78, 5) is 32.1. The molecule has 0 spiro atoms. The lowest BCUT2D eigenvalue weighted by atomic mass is 9.49. The van der Waals surface area contributed by atoms with Crippen LogP contribution in [0.4, 0.5) is 5.82 Å². The average molecular weight is 427 g/mol. The number of morpholine rings is 1. The number of nitrogens with zero attached hydrogens (tertiary/aromatic N) is 2. The molecule has 1 aromatic rings. The van der Waals surface area contributed by atoms with Gasteiger partial charge in [0.2, 0.25) is 11.8 Å². The third kappa shape index (κ3) is 4.43. The molecule has 1 aromatic heterocycles. The third-order valence-electron chi connectivity index (χ3n) is 7.79. The Kier molecular flexibility index (Phi) is 5.63. The maximum atomic E-state index is 13.0. The van der Waals surface area contributed by atoms with Gasteiger partial charge >= 0.3 is 0 Å². The molecule has 0 radical (unpaired) electrons. The maximum Gasteiger partial charge on any atom is 0.239 e. The highest BCUT2D eigenvalue weighted by atomic mass is 16.5. The first kappa shape index (κ1) is 20.7. The second kappa shape index (κ2) is 8.41. The first-order valence-corrected chi connectivity index (χ1v) is 11.9. The number of rotatable bonds is 6. The molecule has 1 atom stereocenters. The highest BCUT2D eigenvalue weighted by Gasteiger charge is 2.54. The first-order chi connectivity index (χ1) is 15.0. The number of pyridine rings is 1. The summed E-state index contributed by atoms with van der Waals surface area (Å²) >= 11 is 0. The Morgan fingerprint density at radius 2 is 1.84 bits per heavy atom. The Morgan fingerprint density at radius 3 is 2.45 bits per heavy atom. The standard InChI is InChI=1S/C24H34N4O3/c1-16-15-28(4-5-31-16)21-3-2-17(12-25-21)13-26-22(29)14-27-23(30)24-9-18-6-19(10-24)8-20(7-18)11-24/h2-3,12,16,18-20H,4-11,13-15H2,1H3,(H,26,29)(H,27,30). The summed E-state index contributed by atoms with van der Waals surface area (Å²) in [6, 6.07) is 3.99. The van der Waals surface area contributed by atoms with E-state index in [2.05, 4.69) is 27.4 Å². The molecule has 7 heteroatoms. The molecule has 7 nitrogen and oxygen atoms in total. The molecule has 5 aliphatic rings. The van der Waals surface area contributed by atoms with Gasteiger partial charge in [-0.05, 0) is 74.8 Å². The topological polar surface area (TPSA) is 83.6 Å². The Bertz CT molecular complexity index is 789. The SMILES string of the molecule is CC1CN(c2ccc(CNC(=O)CNC(=O)C34CC5CC(CC(C5)C3)C4)cn2)CCO1. The van der Waals surface area contributed by atoms with E-state index in [1.807, 2.05) is 18.3 Å². The van der Waals surface area contributed by atoms with Gasteiger partial charge in [0.1, 0.15) is 5.82 Å². The van der Waals surface area contributed by atoms with Gasteiger partial charge in [-0.3, -0.25) is 9.59 Å². The van der Waals surface area contributed by atoms with Crippen LogP contribution in [0.2, 0.25) is 0 Å². The van der Waals surface area contributed by atoms with Crippen LogP contribution < -0.4 is 15.5 Å². The molecule has 5 fully saturated rings. The lowest BCUT2D eigenvalue weighted by molar-refractivity contribution is -0.147. The van der Waals surface area contributed by atoms with E-state index in [9.17, 15) is 9.59 Å². The number of nitrogens with one attached hydrogen (secondary N) is 2. The Balaban J connectivity index is 1.08. The number of carbonyl (C=O) groups excluding carboxylic acids is 2. The minimum atomic E-state index is -0.203. The number of amides is 2. The van der Waals surface area contributed by atoms with E-state index in [1.54, 1.807) is 0 Å². The largest absolute Gasteiger partial charge is 0.375 e. The van der Waals surface area contributed by atoms with Crippen molar-refractivity contribution in [2.24, 2.45) is 23.2 Å². The summed E-state index contributed by atoms with van der Waals surface area (Å²) in [5.41, 5.74) is 0.747. The minimum Gasteiger partial charge on any atom is -0.375 e. The fourth-order valence-corrected chi connectivity index (χ4v) is 6.73. The molecule has 2 heterocycles. The zero-order valence-corrected chi connectivity index (χ0v) is 18.4. The van der Waals surface area contributed by atoms with E-state index in [4.69, 9.17) is 4.74 Å². The average Bonchev–Trinajstić information content (AvgIpc) is 2.75. The van der Waals surface area contributed by atoms with Crippen LogP contribution in [-0.2, 0) is 20.9 Å². The predicted octanol–water partition coefficient (Wildman–Crippen LogP) is 2.26.